The maximum absolute atomic E-state index is 10.7. The molecule has 1 aromatic heterocycles. The van der Waals surface area contributed by atoms with E-state index in [0.29, 0.717) is 5.82 Å². The highest BCUT2D eigenvalue weighted by atomic mass is 16.4. The first-order chi connectivity index (χ1) is 7.90. The van der Waals surface area contributed by atoms with Crippen LogP contribution in [0.4, 0.5) is 11.5 Å². The van der Waals surface area contributed by atoms with Crippen LogP contribution in [0.3, 0.4) is 0 Å². The second-order valence-electron chi connectivity index (χ2n) is 3.68. The van der Waals surface area contributed by atoms with Crippen molar-refractivity contribution >= 4 is 23.4 Å². The maximum Gasteiger partial charge on any atom is 0.337 e. The second kappa shape index (κ2) is 5.15. The first kappa shape index (κ1) is 12.8. The molecule has 0 saturated heterocycles. The van der Waals surface area contributed by atoms with Gasteiger partial charge in [0, 0.05) is 18.7 Å². The predicted octanol–water partition coefficient (Wildman–Crippen LogP) is 0.0378. The Labute approximate surface area is 97.8 Å². The molecule has 7 heteroatoms. The predicted molar refractivity (Wildman–Crippen MR) is 62.5 cm³/mol. The van der Waals surface area contributed by atoms with Gasteiger partial charge in [0.25, 0.3) is 0 Å². The number of carboxylic acids is 1. The van der Waals surface area contributed by atoms with Crippen LogP contribution in [0.5, 0.6) is 0 Å². The van der Waals surface area contributed by atoms with E-state index >= 15 is 0 Å². The monoisotopic (exact) mass is 238 g/mol. The third-order valence-electron chi connectivity index (χ3n) is 2.05. The summed E-state index contributed by atoms with van der Waals surface area (Å²) in [4.78, 5) is 25.2. The van der Waals surface area contributed by atoms with Gasteiger partial charge in [-0.05, 0) is 13.0 Å². The number of rotatable bonds is 5. The zero-order valence-corrected chi connectivity index (χ0v) is 9.30. The van der Waals surface area contributed by atoms with E-state index in [1.165, 1.54) is 12.3 Å². The fourth-order valence-electron chi connectivity index (χ4n) is 1.31. The van der Waals surface area contributed by atoms with Crippen molar-refractivity contribution in [2.75, 3.05) is 11.1 Å². The molecule has 1 atom stereocenters. The number of carbonyl (C=O) groups excluding carboxylic acids is 1. The third-order valence-corrected chi connectivity index (χ3v) is 2.05. The molecule has 17 heavy (non-hydrogen) atoms. The van der Waals surface area contributed by atoms with E-state index in [1.807, 2.05) is 0 Å². The minimum absolute atomic E-state index is 0.00982. The van der Waals surface area contributed by atoms with Crippen LogP contribution in [0.15, 0.2) is 12.3 Å². The van der Waals surface area contributed by atoms with Crippen LogP contribution >= 0.6 is 0 Å². The Morgan fingerprint density at radius 2 is 2.24 bits per heavy atom. The van der Waals surface area contributed by atoms with Gasteiger partial charge in [0.2, 0.25) is 5.91 Å². The lowest BCUT2D eigenvalue weighted by Crippen LogP contribution is -2.25. The fourth-order valence-corrected chi connectivity index (χ4v) is 1.31. The van der Waals surface area contributed by atoms with Crippen molar-refractivity contribution in [2.45, 2.75) is 19.4 Å². The number of pyridine rings is 1. The molecule has 1 heterocycles. The zero-order valence-electron chi connectivity index (χ0n) is 9.30. The topological polar surface area (TPSA) is 131 Å². The summed E-state index contributed by atoms with van der Waals surface area (Å²) in [5.74, 6) is -1.20. The smallest absolute Gasteiger partial charge is 0.337 e. The molecule has 0 saturated carbocycles. The van der Waals surface area contributed by atoms with Crippen LogP contribution < -0.4 is 16.8 Å². The van der Waals surface area contributed by atoms with E-state index in [4.69, 9.17) is 16.6 Å². The molecule has 0 aliphatic carbocycles. The summed E-state index contributed by atoms with van der Waals surface area (Å²) in [5, 5.41) is 11.6. The van der Waals surface area contributed by atoms with Crippen molar-refractivity contribution < 1.29 is 14.7 Å². The van der Waals surface area contributed by atoms with Gasteiger partial charge in [-0.3, -0.25) is 4.79 Å². The number of anilines is 2. The van der Waals surface area contributed by atoms with Crippen LogP contribution in [0.2, 0.25) is 0 Å². The van der Waals surface area contributed by atoms with Gasteiger partial charge in [-0.2, -0.15) is 0 Å². The number of amides is 1. The molecular formula is C10H14N4O3. The van der Waals surface area contributed by atoms with E-state index in [-0.39, 0.29) is 23.7 Å². The highest BCUT2D eigenvalue weighted by molar-refractivity contribution is 5.89. The fraction of sp³-hybridized carbons (Fsp3) is 0.300. The lowest BCUT2D eigenvalue weighted by atomic mass is 10.2. The molecule has 0 bridgehead atoms. The Morgan fingerprint density at radius 3 is 2.71 bits per heavy atom. The SMILES string of the molecule is CC(CC(N)=O)Nc1ncc(C(=O)O)cc1N. The van der Waals surface area contributed by atoms with E-state index < -0.39 is 11.9 Å². The Kier molecular flexibility index (Phi) is 3.86. The Morgan fingerprint density at radius 1 is 1.59 bits per heavy atom. The van der Waals surface area contributed by atoms with Crippen molar-refractivity contribution in [3.8, 4) is 0 Å². The summed E-state index contributed by atoms with van der Waals surface area (Å²) in [6.07, 6.45) is 1.33. The van der Waals surface area contributed by atoms with Crippen molar-refractivity contribution in [1.82, 2.24) is 4.98 Å². The molecule has 0 aliphatic heterocycles. The van der Waals surface area contributed by atoms with E-state index in [9.17, 15) is 9.59 Å². The molecule has 7 nitrogen and oxygen atoms in total. The lowest BCUT2D eigenvalue weighted by molar-refractivity contribution is -0.118. The normalized spacial score (nSPS) is 11.8. The molecule has 1 rings (SSSR count). The molecule has 1 unspecified atom stereocenters. The van der Waals surface area contributed by atoms with Crippen molar-refractivity contribution in [2.24, 2.45) is 5.73 Å². The second-order valence-corrected chi connectivity index (χ2v) is 3.68. The van der Waals surface area contributed by atoms with Crippen LogP contribution in [-0.4, -0.2) is 28.0 Å². The van der Waals surface area contributed by atoms with E-state index in [0.717, 1.165) is 0 Å². The van der Waals surface area contributed by atoms with Crippen LogP contribution in [0.1, 0.15) is 23.7 Å². The number of carbonyl (C=O) groups is 2. The number of carboxylic acid groups (broad SMARTS) is 1. The molecule has 0 fully saturated rings. The molecular weight excluding hydrogens is 224 g/mol. The molecule has 0 aliphatic rings. The standard InChI is InChI=1S/C10H14N4O3/c1-5(2-8(12)15)14-9-7(11)3-6(4-13-9)10(16)17/h3-5H,2,11H2,1H3,(H2,12,15)(H,13,14)(H,16,17). The summed E-state index contributed by atoms with van der Waals surface area (Å²) < 4.78 is 0. The third kappa shape index (κ3) is 3.63. The highest BCUT2D eigenvalue weighted by Gasteiger charge is 2.11. The number of aromatic nitrogens is 1. The van der Waals surface area contributed by atoms with Gasteiger partial charge in [-0.1, -0.05) is 0 Å². The molecule has 0 radical (unpaired) electrons. The quantitative estimate of drug-likeness (QED) is 0.572. The molecule has 92 valence electrons. The Balaban J connectivity index is 2.79. The number of primary amides is 1. The summed E-state index contributed by atoms with van der Waals surface area (Å²) in [6, 6.07) is 1.08. The van der Waals surface area contributed by atoms with Gasteiger partial charge >= 0.3 is 5.97 Å². The lowest BCUT2D eigenvalue weighted by Gasteiger charge is -2.14. The molecule has 6 N–H and O–H groups in total. The van der Waals surface area contributed by atoms with Gasteiger partial charge in [0.1, 0.15) is 5.82 Å². The maximum atomic E-state index is 10.7. The zero-order chi connectivity index (χ0) is 13.0. The summed E-state index contributed by atoms with van der Waals surface area (Å²) in [6.45, 7) is 1.75. The van der Waals surface area contributed by atoms with Crippen LogP contribution in [0, 0.1) is 0 Å². The summed E-state index contributed by atoms with van der Waals surface area (Å²) in [7, 11) is 0. The van der Waals surface area contributed by atoms with Gasteiger partial charge in [-0.15, -0.1) is 0 Å². The van der Waals surface area contributed by atoms with Gasteiger partial charge < -0.3 is 21.9 Å². The first-order valence-electron chi connectivity index (χ1n) is 4.93. The molecule has 1 aromatic rings. The van der Waals surface area contributed by atoms with Crippen molar-refractivity contribution in [3.05, 3.63) is 17.8 Å². The van der Waals surface area contributed by atoms with Gasteiger partial charge in [-0.25, -0.2) is 9.78 Å². The minimum Gasteiger partial charge on any atom is -0.478 e. The average Bonchev–Trinajstić information content (AvgIpc) is 2.19. The number of nitrogens with two attached hydrogens (primary N) is 2. The van der Waals surface area contributed by atoms with Crippen LogP contribution in [0.25, 0.3) is 0 Å². The number of nitrogens with zero attached hydrogens (tertiary/aromatic N) is 1. The highest BCUT2D eigenvalue weighted by Crippen LogP contribution is 2.17. The van der Waals surface area contributed by atoms with Gasteiger partial charge in [0.15, 0.2) is 0 Å². The minimum atomic E-state index is -1.10. The van der Waals surface area contributed by atoms with Crippen LogP contribution in [-0.2, 0) is 4.79 Å². The first-order valence-corrected chi connectivity index (χ1v) is 4.93. The summed E-state index contributed by atoms with van der Waals surface area (Å²) in [5.41, 5.74) is 10.9. The summed E-state index contributed by atoms with van der Waals surface area (Å²) >= 11 is 0. The average molecular weight is 238 g/mol. The Hall–Kier alpha value is -2.31. The number of hydrogen-bond acceptors (Lipinski definition) is 5. The van der Waals surface area contributed by atoms with Crippen molar-refractivity contribution in [3.63, 3.8) is 0 Å². The van der Waals surface area contributed by atoms with Crippen molar-refractivity contribution in [1.29, 1.82) is 0 Å². The molecule has 0 aromatic carbocycles. The van der Waals surface area contributed by atoms with E-state index in [2.05, 4.69) is 10.3 Å². The van der Waals surface area contributed by atoms with E-state index in [1.54, 1.807) is 6.92 Å². The molecule has 0 spiro atoms. The number of nitrogens with one attached hydrogen (secondary N) is 1. The number of nitrogen functional groups attached to an aromatic ring is 1. The number of aromatic carboxylic acids is 1. The largest absolute Gasteiger partial charge is 0.478 e. The van der Waals surface area contributed by atoms with Gasteiger partial charge in [0.05, 0.1) is 11.3 Å². The molecule has 1 amide bonds. The number of hydrogen-bond donors (Lipinski definition) is 4. The Bertz CT molecular complexity index is 447.